The fourth-order valence-electron chi connectivity index (χ4n) is 3.97. The Morgan fingerprint density at radius 3 is 2.88 bits per heavy atom. The molecule has 4 heterocycles. The summed E-state index contributed by atoms with van der Waals surface area (Å²) in [4.78, 5) is 32.6. The number of hydrogen-bond donors (Lipinski definition) is 0. The van der Waals surface area contributed by atoms with Crippen LogP contribution in [0.25, 0.3) is 0 Å². The Morgan fingerprint density at radius 2 is 2.09 bits per heavy atom. The fourth-order valence-corrected chi connectivity index (χ4v) is 5.38. The Balaban J connectivity index is 1.13. The second kappa shape index (κ2) is 10.2. The second-order valence-corrected chi connectivity index (χ2v) is 9.59. The number of piperidine rings is 1. The van der Waals surface area contributed by atoms with Gasteiger partial charge in [0.25, 0.3) is 11.8 Å². The SMILES string of the molecule is O=C(COc1nccnc1Cl)N1CCC(c2nc(C3=NOC(c4[c]cccc4Cl)C3)cs2)CC1. The van der Waals surface area contributed by atoms with Crippen molar-refractivity contribution >= 4 is 46.2 Å². The number of ether oxygens (including phenoxy) is 1. The maximum atomic E-state index is 12.5. The van der Waals surface area contributed by atoms with Crippen molar-refractivity contribution in [3.8, 4) is 5.88 Å². The number of nitrogens with zero attached hydrogens (tertiary/aromatic N) is 5. The molecule has 1 amide bonds. The first-order valence-corrected chi connectivity index (χ1v) is 12.4. The van der Waals surface area contributed by atoms with Gasteiger partial charge in [0.05, 0.1) is 10.7 Å². The van der Waals surface area contributed by atoms with Gasteiger partial charge in [-0.3, -0.25) is 4.79 Å². The summed E-state index contributed by atoms with van der Waals surface area (Å²) in [5, 5.41) is 8.08. The highest BCUT2D eigenvalue weighted by Gasteiger charge is 2.29. The molecule has 0 spiro atoms. The van der Waals surface area contributed by atoms with E-state index < -0.39 is 0 Å². The molecule has 8 nitrogen and oxygen atoms in total. The third-order valence-corrected chi connectivity index (χ3v) is 7.39. The van der Waals surface area contributed by atoms with E-state index in [0.717, 1.165) is 34.8 Å². The van der Waals surface area contributed by atoms with E-state index >= 15 is 0 Å². The molecule has 1 atom stereocenters. The Hall–Kier alpha value is -2.75. The molecular formula is C23H20Cl2N5O3S. The van der Waals surface area contributed by atoms with Crippen LogP contribution in [0, 0.1) is 6.07 Å². The normalized spacial score (nSPS) is 18.5. The first-order valence-electron chi connectivity index (χ1n) is 10.8. The van der Waals surface area contributed by atoms with Crippen LogP contribution in [0.4, 0.5) is 0 Å². The molecule has 1 unspecified atom stereocenters. The number of thiazole rings is 1. The molecule has 2 aromatic heterocycles. The summed E-state index contributed by atoms with van der Waals surface area (Å²) in [6.45, 7) is 1.17. The standard InChI is InChI=1S/C23H20Cl2N5O3S/c24-16-4-2-1-3-15(16)19-11-17(29-33-19)18-13-34-23(28-18)14-5-9-30(10-6-14)20(31)12-32-22-21(25)26-7-8-27-22/h1-2,4,7-8,13-14,19H,5-6,9-12H2. The van der Waals surface area contributed by atoms with Crippen LogP contribution < -0.4 is 4.74 Å². The van der Waals surface area contributed by atoms with Gasteiger partial charge in [-0.1, -0.05) is 40.5 Å². The number of likely N-dealkylation sites (tertiary alicyclic amines) is 1. The van der Waals surface area contributed by atoms with Gasteiger partial charge in [0.2, 0.25) is 0 Å². The molecule has 0 saturated carbocycles. The molecule has 11 heteroatoms. The summed E-state index contributed by atoms with van der Waals surface area (Å²) in [6, 6.07) is 8.62. The van der Waals surface area contributed by atoms with Crippen LogP contribution in [0.5, 0.6) is 5.88 Å². The third-order valence-electron chi connectivity index (χ3n) is 5.80. The first-order chi connectivity index (χ1) is 16.6. The lowest BCUT2D eigenvalue weighted by Crippen LogP contribution is -2.40. The molecule has 2 aliphatic heterocycles. The van der Waals surface area contributed by atoms with Crippen molar-refractivity contribution < 1.29 is 14.4 Å². The number of benzene rings is 1. The first kappa shape index (κ1) is 23.0. The van der Waals surface area contributed by atoms with E-state index in [1.165, 1.54) is 12.4 Å². The summed E-state index contributed by atoms with van der Waals surface area (Å²) in [7, 11) is 0. The van der Waals surface area contributed by atoms with E-state index in [-0.39, 0.29) is 29.7 Å². The summed E-state index contributed by atoms with van der Waals surface area (Å²) in [6.07, 6.45) is 4.97. The van der Waals surface area contributed by atoms with Crippen LogP contribution in [-0.4, -0.2) is 51.2 Å². The lowest BCUT2D eigenvalue weighted by atomic mass is 9.97. The molecule has 0 N–H and O–H groups in total. The molecule has 1 radical (unpaired) electrons. The summed E-state index contributed by atoms with van der Waals surface area (Å²) < 4.78 is 5.43. The minimum Gasteiger partial charge on any atom is -0.465 e. The summed E-state index contributed by atoms with van der Waals surface area (Å²) in [5.74, 6) is 0.366. The highest BCUT2D eigenvalue weighted by atomic mass is 35.5. The van der Waals surface area contributed by atoms with Gasteiger partial charge in [0.15, 0.2) is 17.9 Å². The Kier molecular flexibility index (Phi) is 6.94. The zero-order valence-corrected chi connectivity index (χ0v) is 20.3. The number of carbonyl (C=O) groups is 1. The van der Waals surface area contributed by atoms with E-state index in [9.17, 15) is 4.79 Å². The van der Waals surface area contributed by atoms with Gasteiger partial charge in [-0.2, -0.15) is 0 Å². The monoisotopic (exact) mass is 516 g/mol. The van der Waals surface area contributed by atoms with Crippen LogP contribution >= 0.6 is 34.5 Å². The maximum Gasteiger partial charge on any atom is 0.260 e. The van der Waals surface area contributed by atoms with Crippen molar-refractivity contribution in [1.29, 1.82) is 0 Å². The van der Waals surface area contributed by atoms with Crippen molar-refractivity contribution in [3.05, 3.63) is 68.5 Å². The predicted molar refractivity (Wildman–Crippen MR) is 128 cm³/mol. The van der Waals surface area contributed by atoms with Crippen LogP contribution in [0.3, 0.4) is 0 Å². The number of hydrogen-bond acceptors (Lipinski definition) is 8. The van der Waals surface area contributed by atoms with Crippen molar-refractivity contribution in [3.63, 3.8) is 0 Å². The van der Waals surface area contributed by atoms with Gasteiger partial charge < -0.3 is 14.5 Å². The Morgan fingerprint density at radius 1 is 1.26 bits per heavy atom. The average Bonchev–Trinajstić information content (AvgIpc) is 3.54. The molecule has 1 saturated heterocycles. The molecule has 5 rings (SSSR count). The summed E-state index contributed by atoms with van der Waals surface area (Å²) in [5.41, 5.74) is 2.46. The number of halogens is 2. The summed E-state index contributed by atoms with van der Waals surface area (Å²) >= 11 is 13.8. The minimum atomic E-state index is -0.248. The van der Waals surface area contributed by atoms with E-state index in [0.29, 0.717) is 30.5 Å². The third kappa shape index (κ3) is 5.01. The molecule has 3 aromatic rings. The lowest BCUT2D eigenvalue weighted by Gasteiger charge is -2.31. The molecule has 34 heavy (non-hydrogen) atoms. The van der Waals surface area contributed by atoms with Crippen LogP contribution in [0.1, 0.15) is 47.5 Å². The Labute approximate surface area is 210 Å². The number of oxime groups is 1. The second-order valence-electron chi connectivity index (χ2n) is 7.93. The predicted octanol–water partition coefficient (Wildman–Crippen LogP) is 4.69. The van der Waals surface area contributed by atoms with Crippen molar-refractivity contribution in [2.45, 2.75) is 31.3 Å². The van der Waals surface area contributed by atoms with E-state index in [4.69, 9.17) is 37.8 Å². The molecule has 1 fully saturated rings. The van der Waals surface area contributed by atoms with Crippen molar-refractivity contribution in [2.24, 2.45) is 5.16 Å². The van der Waals surface area contributed by atoms with Gasteiger partial charge in [-0.05, 0) is 25.0 Å². The molecule has 1 aromatic carbocycles. The average molecular weight is 517 g/mol. The van der Waals surface area contributed by atoms with E-state index in [1.807, 2.05) is 23.6 Å². The van der Waals surface area contributed by atoms with Gasteiger partial charge in [0, 0.05) is 53.8 Å². The zero-order chi connectivity index (χ0) is 23.5. The van der Waals surface area contributed by atoms with E-state index in [1.54, 1.807) is 16.2 Å². The molecule has 0 bridgehead atoms. The number of aromatic nitrogens is 3. The number of amides is 1. The van der Waals surface area contributed by atoms with Gasteiger partial charge in [-0.15, -0.1) is 11.3 Å². The topological polar surface area (TPSA) is 89.8 Å². The van der Waals surface area contributed by atoms with Crippen molar-refractivity contribution in [1.82, 2.24) is 19.9 Å². The Bertz CT molecular complexity index is 1210. The van der Waals surface area contributed by atoms with Crippen LogP contribution in [0.2, 0.25) is 10.2 Å². The van der Waals surface area contributed by atoms with Crippen LogP contribution in [-0.2, 0) is 9.63 Å². The van der Waals surface area contributed by atoms with Gasteiger partial charge in [-0.25, -0.2) is 15.0 Å². The molecular weight excluding hydrogens is 497 g/mol. The molecule has 2 aliphatic rings. The van der Waals surface area contributed by atoms with Gasteiger partial charge in [0.1, 0.15) is 5.71 Å². The highest BCUT2D eigenvalue weighted by molar-refractivity contribution is 7.10. The minimum absolute atomic E-state index is 0.0973. The maximum absolute atomic E-state index is 12.5. The number of carbonyl (C=O) groups excluding carboxylic acids is 1. The largest absolute Gasteiger partial charge is 0.465 e. The zero-order valence-electron chi connectivity index (χ0n) is 18.0. The highest BCUT2D eigenvalue weighted by Crippen LogP contribution is 2.35. The number of rotatable bonds is 6. The van der Waals surface area contributed by atoms with E-state index in [2.05, 4.69) is 21.2 Å². The molecule has 0 aliphatic carbocycles. The van der Waals surface area contributed by atoms with Gasteiger partial charge >= 0.3 is 0 Å². The van der Waals surface area contributed by atoms with Crippen LogP contribution in [0.15, 0.2) is 41.1 Å². The quantitative estimate of drug-likeness (QED) is 0.471. The fraction of sp³-hybridized carbons (Fsp3) is 0.348. The van der Waals surface area contributed by atoms with Crippen molar-refractivity contribution in [2.75, 3.05) is 19.7 Å². The lowest BCUT2D eigenvalue weighted by molar-refractivity contribution is -0.134. The smallest absolute Gasteiger partial charge is 0.260 e. The molecule has 175 valence electrons.